The number of hydrogen-bond acceptors (Lipinski definition) is 3. The van der Waals surface area contributed by atoms with Gasteiger partial charge in [-0.1, -0.05) is 32.0 Å². The number of rotatable bonds is 5. The molecule has 0 amide bonds. The van der Waals surface area contributed by atoms with Gasteiger partial charge in [-0.05, 0) is 17.5 Å². The molecule has 0 aliphatic rings. The van der Waals surface area contributed by atoms with Gasteiger partial charge in [-0.2, -0.15) is 5.10 Å². The Morgan fingerprint density at radius 3 is 2.75 bits per heavy atom. The molecule has 0 saturated carbocycles. The van der Waals surface area contributed by atoms with Crippen LogP contribution in [0.5, 0.6) is 5.75 Å². The van der Waals surface area contributed by atoms with Crippen molar-refractivity contribution >= 4 is 5.97 Å². The lowest BCUT2D eigenvalue weighted by molar-refractivity contribution is 0.0693. The Balaban J connectivity index is 2.21. The molecular weight excluding hydrogens is 256 g/mol. The van der Waals surface area contributed by atoms with E-state index in [2.05, 4.69) is 18.9 Å². The van der Waals surface area contributed by atoms with E-state index in [4.69, 9.17) is 9.84 Å². The van der Waals surface area contributed by atoms with Crippen LogP contribution in [0.25, 0.3) is 0 Å². The van der Waals surface area contributed by atoms with Gasteiger partial charge in [0.05, 0.1) is 11.9 Å². The number of carbonyl (C=O) groups is 1. The average Bonchev–Trinajstić information content (AvgIpc) is 2.78. The highest BCUT2D eigenvalue weighted by molar-refractivity contribution is 5.88. The van der Waals surface area contributed by atoms with Gasteiger partial charge in [0, 0.05) is 7.05 Å². The number of aryl methyl sites for hydroxylation is 1. The maximum atomic E-state index is 11.1. The number of nitrogens with zero attached hydrogens (tertiary/aromatic N) is 2. The van der Waals surface area contributed by atoms with E-state index < -0.39 is 5.97 Å². The van der Waals surface area contributed by atoms with Gasteiger partial charge in [-0.3, -0.25) is 4.68 Å². The molecule has 106 valence electrons. The molecule has 2 rings (SSSR count). The zero-order chi connectivity index (χ0) is 14.7. The molecule has 1 aromatic carbocycles. The minimum atomic E-state index is -0.992. The molecule has 20 heavy (non-hydrogen) atoms. The molecule has 0 fully saturated rings. The zero-order valence-corrected chi connectivity index (χ0v) is 11.8. The molecule has 1 N–H and O–H groups in total. The highest BCUT2D eigenvalue weighted by Crippen LogP contribution is 2.26. The molecule has 1 heterocycles. The fourth-order valence-corrected chi connectivity index (χ4v) is 2.05. The summed E-state index contributed by atoms with van der Waals surface area (Å²) in [7, 11) is 1.71. The summed E-state index contributed by atoms with van der Waals surface area (Å²) >= 11 is 0. The molecule has 2 aromatic rings. The highest BCUT2D eigenvalue weighted by Gasteiger charge is 2.16. The van der Waals surface area contributed by atoms with E-state index in [1.54, 1.807) is 7.05 Å². The largest absolute Gasteiger partial charge is 0.487 e. The van der Waals surface area contributed by atoms with Gasteiger partial charge >= 0.3 is 5.97 Å². The van der Waals surface area contributed by atoms with E-state index in [-0.39, 0.29) is 12.2 Å². The monoisotopic (exact) mass is 274 g/mol. The van der Waals surface area contributed by atoms with Crippen molar-refractivity contribution in [2.45, 2.75) is 26.4 Å². The van der Waals surface area contributed by atoms with E-state index >= 15 is 0 Å². The lowest BCUT2D eigenvalue weighted by Crippen LogP contribution is -2.09. The first-order chi connectivity index (χ1) is 9.50. The van der Waals surface area contributed by atoms with Crippen LogP contribution in [0.1, 0.15) is 41.4 Å². The predicted octanol–water partition coefficient (Wildman–Crippen LogP) is 2.82. The smallest absolute Gasteiger partial charge is 0.339 e. The Kier molecular flexibility index (Phi) is 4.08. The van der Waals surface area contributed by atoms with Crippen LogP contribution in [-0.2, 0) is 13.7 Å². The molecular formula is C15H18N2O3. The molecule has 0 radical (unpaired) electrons. The van der Waals surface area contributed by atoms with E-state index in [0.717, 1.165) is 11.3 Å². The zero-order valence-electron chi connectivity index (χ0n) is 11.8. The fraction of sp³-hybridized carbons (Fsp3) is 0.333. The summed E-state index contributed by atoms with van der Waals surface area (Å²) in [6.45, 7) is 4.37. The number of aromatic carboxylic acids is 1. The quantitative estimate of drug-likeness (QED) is 0.910. The summed E-state index contributed by atoms with van der Waals surface area (Å²) in [5.41, 5.74) is 1.83. The van der Waals surface area contributed by atoms with Gasteiger partial charge in [0.15, 0.2) is 0 Å². The van der Waals surface area contributed by atoms with Crippen molar-refractivity contribution in [3.8, 4) is 5.75 Å². The van der Waals surface area contributed by atoms with Crippen molar-refractivity contribution in [2.24, 2.45) is 7.05 Å². The number of benzene rings is 1. The summed E-state index contributed by atoms with van der Waals surface area (Å²) in [6, 6.07) is 7.78. The van der Waals surface area contributed by atoms with E-state index in [1.165, 1.54) is 10.9 Å². The van der Waals surface area contributed by atoms with Gasteiger partial charge in [0.2, 0.25) is 0 Å². The van der Waals surface area contributed by atoms with Gasteiger partial charge < -0.3 is 9.84 Å². The topological polar surface area (TPSA) is 64.3 Å². The van der Waals surface area contributed by atoms with Gasteiger partial charge in [-0.15, -0.1) is 0 Å². The summed E-state index contributed by atoms with van der Waals surface area (Å²) in [5.74, 6) is 0.130. The molecule has 0 aliphatic heterocycles. The predicted molar refractivity (Wildman–Crippen MR) is 75.0 cm³/mol. The Morgan fingerprint density at radius 2 is 2.10 bits per heavy atom. The third-order valence-electron chi connectivity index (χ3n) is 3.20. The Labute approximate surface area is 117 Å². The summed E-state index contributed by atoms with van der Waals surface area (Å²) < 4.78 is 7.32. The number of carboxylic acids is 1. The summed E-state index contributed by atoms with van der Waals surface area (Å²) in [5, 5.41) is 13.1. The number of hydrogen-bond donors (Lipinski definition) is 1. The minimum absolute atomic E-state index is 0.175. The second-order valence-electron chi connectivity index (χ2n) is 4.91. The standard InChI is InChI=1S/C15H18N2O3/c1-10(2)11-6-4-5-7-14(11)20-9-13-12(15(18)19)8-16-17(13)3/h4-8,10H,9H2,1-3H3,(H,18,19). The van der Waals surface area contributed by atoms with Crippen molar-refractivity contribution in [3.63, 3.8) is 0 Å². The van der Waals surface area contributed by atoms with Crippen LogP contribution in [-0.4, -0.2) is 20.9 Å². The maximum absolute atomic E-state index is 11.1. The number of ether oxygens (including phenoxy) is 1. The van der Waals surface area contributed by atoms with Crippen LogP contribution in [0.15, 0.2) is 30.5 Å². The lowest BCUT2D eigenvalue weighted by Gasteiger charge is -2.14. The SMILES string of the molecule is CC(C)c1ccccc1OCc1c(C(=O)O)cnn1C. The lowest BCUT2D eigenvalue weighted by atomic mass is 10.0. The van der Waals surface area contributed by atoms with Gasteiger partial charge in [-0.25, -0.2) is 4.79 Å². The van der Waals surface area contributed by atoms with Crippen LogP contribution >= 0.6 is 0 Å². The first-order valence-corrected chi connectivity index (χ1v) is 6.46. The van der Waals surface area contributed by atoms with Crippen molar-refractivity contribution < 1.29 is 14.6 Å². The van der Waals surface area contributed by atoms with Gasteiger partial charge in [0.1, 0.15) is 17.9 Å². The molecule has 0 unspecified atom stereocenters. The number of carboxylic acid groups (broad SMARTS) is 1. The molecule has 0 atom stereocenters. The highest BCUT2D eigenvalue weighted by atomic mass is 16.5. The van der Waals surface area contributed by atoms with Gasteiger partial charge in [0.25, 0.3) is 0 Å². The second kappa shape index (κ2) is 5.77. The maximum Gasteiger partial charge on any atom is 0.339 e. The van der Waals surface area contributed by atoms with E-state index in [1.807, 2.05) is 24.3 Å². The Bertz CT molecular complexity index is 617. The Hall–Kier alpha value is -2.30. The molecule has 5 nitrogen and oxygen atoms in total. The van der Waals surface area contributed by atoms with Crippen LogP contribution < -0.4 is 4.74 Å². The van der Waals surface area contributed by atoms with Crippen molar-refractivity contribution in [1.82, 2.24) is 9.78 Å². The van der Waals surface area contributed by atoms with Crippen LogP contribution in [0.3, 0.4) is 0 Å². The van der Waals surface area contributed by atoms with Crippen LogP contribution in [0.2, 0.25) is 0 Å². The fourth-order valence-electron chi connectivity index (χ4n) is 2.05. The van der Waals surface area contributed by atoms with E-state index in [9.17, 15) is 4.79 Å². The second-order valence-corrected chi connectivity index (χ2v) is 4.91. The third kappa shape index (κ3) is 2.82. The first-order valence-electron chi connectivity index (χ1n) is 6.46. The summed E-state index contributed by atoms with van der Waals surface area (Å²) in [6.07, 6.45) is 1.34. The molecule has 0 aliphatic carbocycles. The van der Waals surface area contributed by atoms with Crippen LogP contribution in [0.4, 0.5) is 0 Å². The van der Waals surface area contributed by atoms with Crippen molar-refractivity contribution in [1.29, 1.82) is 0 Å². The molecule has 0 bridgehead atoms. The van der Waals surface area contributed by atoms with Crippen molar-refractivity contribution in [3.05, 3.63) is 47.3 Å². The first kappa shape index (κ1) is 14.1. The third-order valence-corrected chi connectivity index (χ3v) is 3.20. The number of para-hydroxylation sites is 1. The normalized spacial score (nSPS) is 10.8. The minimum Gasteiger partial charge on any atom is -0.487 e. The van der Waals surface area contributed by atoms with E-state index in [0.29, 0.717) is 11.6 Å². The molecule has 5 heteroatoms. The molecule has 0 spiro atoms. The molecule has 0 saturated heterocycles. The van der Waals surface area contributed by atoms with Crippen LogP contribution in [0, 0.1) is 0 Å². The van der Waals surface area contributed by atoms with Crippen molar-refractivity contribution in [2.75, 3.05) is 0 Å². The average molecular weight is 274 g/mol. The Morgan fingerprint density at radius 1 is 1.40 bits per heavy atom. The molecule has 1 aromatic heterocycles. The summed E-state index contributed by atoms with van der Waals surface area (Å²) in [4.78, 5) is 11.1. The number of aromatic nitrogens is 2.